The summed E-state index contributed by atoms with van der Waals surface area (Å²) in [6.45, 7) is -0.830. The fraction of sp³-hybridized carbons (Fsp3) is 0.455. The number of aliphatic hydroxyl groups excluding tert-OH is 5. The Morgan fingerprint density at radius 1 is 1.35 bits per heavy atom. The number of nitrogens with one attached hydrogen (secondary N) is 1. The summed E-state index contributed by atoms with van der Waals surface area (Å²) in [5, 5.41) is 49.3. The Hall–Kier alpha value is -1.78. The van der Waals surface area contributed by atoms with Gasteiger partial charge in [0.2, 0.25) is 0 Å². The molecule has 0 bridgehead atoms. The third-order valence-corrected chi connectivity index (χ3v) is 2.43. The Morgan fingerprint density at radius 3 is 2.60 bits per heavy atom. The predicted molar refractivity (Wildman–Crippen MR) is 65.6 cm³/mol. The van der Waals surface area contributed by atoms with Gasteiger partial charge >= 0.3 is 0 Å². The minimum absolute atomic E-state index is 0.357. The van der Waals surface area contributed by atoms with Crippen LogP contribution in [0.2, 0.25) is 0 Å². The van der Waals surface area contributed by atoms with Gasteiger partial charge in [-0.3, -0.25) is 4.79 Å². The lowest BCUT2D eigenvalue weighted by Gasteiger charge is -2.24. The van der Waals surface area contributed by atoms with E-state index in [1.807, 2.05) is 5.43 Å². The summed E-state index contributed by atoms with van der Waals surface area (Å²) in [6, 6.07) is 3.18. The quantitative estimate of drug-likeness (QED) is 0.233. The molecule has 0 saturated heterocycles. The minimum atomic E-state index is -2.03. The average Bonchev–Trinajstić information content (AvgIpc) is 2.97. The van der Waals surface area contributed by atoms with Crippen LogP contribution in [-0.2, 0) is 4.79 Å². The van der Waals surface area contributed by atoms with Gasteiger partial charge < -0.3 is 29.9 Å². The maximum atomic E-state index is 11.4. The lowest BCUT2D eigenvalue weighted by Crippen LogP contribution is -2.50. The smallest absolute Gasteiger partial charge is 0.271 e. The number of carbonyl (C=O) groups is 1. The highest BCUT2D eigenvalue weighted by Gasteiger charge is 2.34. The molecule has 0 spiro atoms. The highest BCUT2D eigenvalue weighted by Crippen LogP contribution is 2.05. The second-order valence-electron chi connectivity index (χ2n) is 3.93. The number of amides is 1. The Labute approximate surface area is 113 Å². The molecule has 1 aromatic heterocycles. The molecule has 0 fully saturated rings. The molecule has 1 rings (SSSR count). The van der Waals surface area contributed by atoms with Crippen LogP contribution in [0, 0.1) is 0 Å². The molecule has 6 N–H and O–H groups in total. The van der Waals surface area contributed by atoms with Crippen molar-refractivity contribution in [1.29, 1.82) is 0 Å². The van der Waals surface area contributed by atoms with Crippen molar-refractivity contribution in [1.82, 2.24) is 5.43 Å². The Bertz CT molecular complexity index is 434. The fourth-order valence-electron chi connectivity index (χ4n) is 1.27. The van der Waals surface area contributed by atoms with Crippen molar-refractivity contribution in [2.45, 2.75) is 24.4 Å². The van der Waals surface area contributed by atoms with Gasteiger partial charge in [0, 0.05) is 0 Å². The summed E-state index contributed by atoms with van der Waals surface area (Å²) in [5.74, 6) is -0.736. The summed E-state index contributed by atoms with van der Waals surface area (Å²) >= 11 is 0. The zero-order valence-corrected chi connectivity index (χ0v) is 10.3. The monoisotopic (exact) mass is 288 g/mol. The topological polar surface area (TPSA) is 156 Å². The van der Waals surface area contributed by atoms with E-state index in [9.17, 15) is 20.1 Å². The molecule has 20 heavy (non-hydrogen) atoms. The van der Waals surface area contributed by atoms with E-state index in [0.717, 1.165) is 6.21 Å². The zero-order chi connectivity index (χ0) is 15.1. The molecule has 0 aliphatic heterocycles. The highest BCUT2D eigenvalue weighted by molar-refractivity contribution is 5.83. The van der Waals surface area contributed by atoms with E-state index in [1.54, 1.807) is 12.1 Å². The summed E-state index contributed by atoms with van der Waals surface area (Å²) in [7, 11) is 0. The number of furan rings is 1. The van der Waals surface area contributed by atoms with Crippen LogP contribution >= 0.6 is 0 Å². The van der Waals surface area contributed by atoms with Crippen molar-refractivity contribution in [2.24, 2.45) is 5.10 Å². The van der Waals surface area contributed by atoms with Crippen LogP contribution in [-0.4, -0.2) is 68.7 Å². The predicted octanol–water partition coefficient (Wildman–Crippen LogP) is -2.83. The highest BCUT2D eigenvalue weighted by atomic mass is 16.4. The first-order valence-electron chi connectivity index (χ1n) is 5.67. The molecule has 0 unspecified atom stereocenters. The minimum Gasteiger partial charge on any atom is -0.463 e. The van der Waals surface area contributed by atoms with Crippen LogP contribution in [0.3, 0.4) is 0 Å². The maximum absolute atomic E-state index is 11.4. The standard InChI is InChI=1S/C11H16N2O7/c14-5-7(15)8(16)9(17)10(18)11(19)13-12-4-6-2-1-3-20-6/h1-4,7-10,14-18H,5H2,(H,13,19)/b12-4-/t7-,8+,9-,10-/m1/s1. The summed E-state index contributed by atoms with van der Waals surface area (Å²) in [5.41, 5.74) is 1.92. The second kappa shape index (κ2) is 7.72. The third kappa shape index (κ3) is 4.40. The zero-order valence-electron chi connectivity index (χ0n) is 10.3. The number of hydrazone groups is 1. The molecule has 0 aliphatic carbocycles. The first-order chi connectivity index (χ1) is 9.47. The number of aliphatic hydroxyl groups is 5. The summed E-state index contributed by atoms with van der Waals surface area (Å²) in [6.07, 6.45) is -5.01. The molecule has 1 aromatic rings. The van der Waals surface area contributed by atoms with E-state index in [-0.39, 0.29) is 0 Å². The van der Waals surface area contributed by atoms with Gasteiger partial charge in [-0.2, -0.15) is 5.10 Å². The van der Waals surface area contributed by atoms with Crippen LogP contribution in [0.25, 0.3) is 0 Å². The van der Waals surface area contributed by atoms with Crippen molar-refractivity contribution in [3.05, 3.63) is 24.2 Å². The van der Waals surface area contributed by atoms with Crippen molar-refractivity contribution >= 4 is 12.1 Å². The second-order valence-corrected chi connectivity index (χ2v) is 3.93. The normalized spacial score (nSPS) is 17.6. The largest absolute Gasteiger partial charge is 0.463 e. The summed E-state index contributed by atoms with van der Waals surface area (Å²) < 4.78 is 4.89. The van der Waals surface area contributed by atoms with Crippen molar-refractivity contribution < 1.29 is 34.7 Å². The van der Waals surface area contributed by atoms with Crippen molar-refractivity contribution in [3.8, 4) is 0 Å². The number of hydrogen-bond acceptors (Lipinski definition) is 8. The van der Waals surface area contributed by atoms with Gasteiger partial charge in [-0.15, -0.1) is 0 Å². The fourth-order valence-corrected chi connectivity index (χ4v) is 1.27. The average molecular weight is 288 g/mol. The molecule has 9 nitrogen and oxygen atoms in total. The lowest BCUT2D eigenvalue weighted by molar-refractivity contribution is -0.148. The van der Waals surface area contributed by atoms with Crippen LogP contribution in [0.1, 0.15) is 5.76 Å². The number of nitrogens with zero attached hydrogens (tertiary/aromatic N) is 1. The molecule has 0 radical (unpaired) electrons. The molecule has 112 valence electrons. The Morgan fingerprint density at radius 2 is 2.05 bits per heavy atom. The Balaban J connectivity index is 2.49. The van der Waals surface area contributed by atoms with Gasteiger partial charge in [-0.05, 0) is 12.1 Å². The van der Waals surface area contributed by atoms with Crippen LogP contribution < -0.4 is 5.43 Å². The van der Waals surface area contributed by atoms with Gasteiger partial charge in [-0.1, -0.05) is 0 Å². The van der Waals surface area contributed by atoms with Crippen LogP contribution in [0.5, 0.6) is 0 Å². The van der Waals surface area contributed by atoms with Gasteiger partial charge in [0.1, 0.15) is 24.1 Å². The first-order valence-corrected chi connectivity index (χ1v) is 5.67. The number of hydrogen-bond donors (Lipinski definition) is 6. The summed E-state index contributed by atoms with van der Waals surface area (Å²) in [4.78, 5) is 11.4. The first kappa shape index (κ1) is 16.3. The van der Waals surface area contributed by atoms with Gasteiger partial charge in [0.15, 0.2) is 6.10 Å². The molecule has 1 amide bonds. The molecule has 0 aliphatic rings. The number of carbonyl (C=O) groups excluding carboxylic acids is 1. The molecule has 0 saturated carbocycles. The van der Waals surface area contributed by atoms with E-state index in [4.69, 9.17) is 14.6 Å². The van der Waals surface area contributed by atoms with Crippen LogP contribution in [0.4, 0.5) is 0 Å². The van der Waals surface area contributed by atoms with Gasteiger partial charge in [0.25, 0.3) is 5.91 Å². The van der Waals surface area contributed by atoms with E-state index in [0.29, 0.717) is 5.76 Å². The van der Waals surface area contributed by atoms with E-state index in [1.165, 1.54) is 6.26 Å². The van der Waals surface area contributed by atoms with Crippen molar-refractivity contribution in [2.75, 3.05) is 6.61 Å². The lowest BCUT2D eigenvalue weighted by atomic mass is 10.0. The van der Waals surface area contributed by atoms with Crippen LogP contribution in [0.15, 0.2) is 27.9 Å². The van der Waals surface area contributed by atoms with Crippen molar-refractivity contribution in [3.63, 3.8) is 0 Å². The Kier molecular flexibility index (Phi) is 6.28. The SMILES string of the molecule is O=C(N/N=C\c1ccco1)[C@H](O)[C@H](O)[C@@H](O)[C@H](O)CO. The van der Waals surface area contributed by atoms with Gasteiger partial charge in [-0.25, -0.2) is 5.43 Å². The molecular weight excluding hydrogens is 272 g/mol. The number of rotatable bonds is 7. The molecule has 0 aromatic carbocycles. The molecule has 1 heterocycles. The molecule has 9 heteroatoms. The third-order valence-electron chi connectivity index (χ3n) is 2.43. The van der Waals surface area contributed by atoms with E-state index >= 15 is 0 Å². The van der Waals surface area contributed by atoms with E-state index in [2.05, 4.69) is 5.10 Å². The molecule has 4 atom stereocenters. The van der Waals surface area contributed by atoms with Gasteiger partial charge in [0.05, 0.1) is 19.1 Å². The van der Waals surface area contributed by atoms with E-state index < -0.39 is 36.9 Å². The maximum Gasteiger partial charge on any atom is 0.271 e. The molecular formula is C11H16N2O7.